The molecule has 3 heterocycles. The molecular weight excluding hydrogens is 733 g/mol. The molecule has 1 aliphatic heterocycles. The van der Waals surface area contributed by atoms with Crippen molar-refractivity contribution in [3.05, 3.63) is 222 Å². The van der Waals surface area contributed by atoms with Crippen LogP contribution in [0.25, 0.3) is 78.4 Å². The SMILES string of the molecule is CC=C1/C(=C\C)Oc2ccccc2C12c1ccc(-c3ccc(-c4nc(-c5ccccc5)nc(-c5ccccc5)n4)cc3)cc1-c1cc(-c3cccc4cccnc34)ccc12. The molecule has 1 aliphatic carbocycles. The number of fused-ring (bicyclic) bond motifs is 8. The highest BCUT2D eigenvalue weighted by Gasteiger charge is 2.52. The van der Waals surface area contributed by atoms with Gasteiger partial charge in [0.1, 0.15) is 11.5 Å². The van der Waals surface area contributed by atoms with Gasteiger partial charge in [-0.25, -0.2) is 15.0 Å². The van der Waals surface area contributed by atoms with Crippen LogP contribution in [0.4, 0.5) is 0 Å². The van der Waals surface area contributed by atoms with E-state index in [2.05, 4.69) is 135 Å². The Bertz CT molecular complexity index is 3130. The van der Waals surface area contributed by atoms with Crippen molar-refractivity contribution in [2.75, 3.05) is 0 Å². The van der Waals surface area contributed by atoms with E-state index in [0.29, 0.717) is 17.5 Å². The van der Waals surface area contributed by atoms with Crippen molar-refractivity contribution in [3.63, 3.8) is 0 Å². The van der Waals surface area contributed by atoms with E-state index in [4.69, 9.17) is 24.7 Å². The number of ether oxygens (including phenoxy) is 1. The van der Waals surface area contributed by atoms with Crippen LogP contribution in [-0.2, 0) is 5.41 Å². The van der Waals surface area contributed by atoms with Gasteiger partial charge in [-0.2, -0.15) is 0 Å². The molecule has 2 aliphatic rings. The van der Waals surface area contributed by atoms with Crippen molar-refractivity contribution in [2.45, 2.75) is 19.3 Å². The second kappa shape index (κ2) is 14.3. The second-order valence-corrected chi connectivity index (χ2v) is 15.2. The van der Waals surface area contributed by atoms with Crippen LogP contribution < -0.4 is 4.74 Å². The predicted octanol–water partition coefficient (Wildman–Crippen LogP) is 13.3. The van der Waals surface area contributed by atoms with Crippen LogP contribution in [0.5, 0.6) is 5.75 Å². The van der Waals surface area contributed by atoms with Gasteiger partial charge in [-0.05, 0) is 83.1 Å². The summed E-state index contributed by atoms with van der Waals surface area (Å²) in [6.07, 6.45) is 6.20. The van der Waals surface area contributed by atoms with Gasteiger partial charge in [-0.1, -0.05) is 158 Å². The molecule has 1 spiro atoms. The second-order valence-electron chi connectivity index (χ2n) is 15.2. The maximum atomic E-state index is 6.62. The van der Waals surface area contributed by atoms with E-state index < -0.39 is 5.41 Å². The number of nitrogens with zero attached hydrogens (tertiary/aromatic N) is 4. The summed E-state index contributed by atoms with van der Waals surface area (Å²) in [7, 11) is 0. The molecule has 0 N–H and O–H groups in total. The van der Waals surface area contributed by atoms with Crippen molar-refractivity contribution in [1.82, 2.24) is 19.9 Å². The van der Waals surface area contributed by atoms with E-state index in [1.165, 1.54) is 22.3 Å². The zero-order valence-corrected chi connectivity index (χ0v) is 33.2. The van der Waals surface area contributed by atoms with E-state index >= 15 is 0 Å². The molecule has 0 amide bonds. The Morgan fingerprint density at radius 1 is 0.433 bits per heavy atom. The first-order chi connectivity index (χ1) is 29.6. The maximum Gasteiger partial charge on any atom is 0.164 e. The van der Waals surface area contributed by atoms with E-state index in [1.54, 1.807) is 0 Å². The Kier molecular flexibility index (Phi) is 8.41. The van der Waals surface area contributed by atoms with Crippen molar-refractivity contribution in [1.29, 1.82) is 0 Å². The van der Waals surface area contributed by atoms with Gasteiger partial charge in [0.15, 0.2) is 17.5 Å². The molecular formula is C55H38N4O. The van der Waals surface area contributed by atoms with Crippen molar-refractivity contribution >= 4 is 10.9 Å². The topological polar surface area (TPSA) is 60.8 Å². The normalized spacial score (nSPS) is 16.4. The van der Waals surface area contributed by atoms with Crippen molar-refractivity contribution in [3.8, 4) is 73.3 Å². The van der Waals surface area contributed by atoms with Gasteiger partial charge in [0.2, 0.25) is 0 Å². The molecule has 11 rings (SSSR count). The maximum absolute atomic E-state index is 6.62. The summed E-state index contributed by atoms with van der Waals surface area (Å²) in [5.74, 6) is 3.67. The molecule has 1 unspecified atom stereocenters. The number of aromatic nitrogens is 4. The summed E-state index contributed by atoms with van der Waals surface area (Å²) in [5.41, 5.74) is 14.9. The largest absolute Gasteiger partial charge is 0.457 e. The molecule has 0 bridgehead atoms. The number of allylic oxidation sites excluding steroid dienone is 3. The smallest absolute Gasteiger partial charge is 0.164 e. The average Bonchev–Trinajstić information content (AvgIpc) is 3.60. The Morgan fingerprint density at radius 2 is 0.983 bits per heavy atom. The molecule has 284 valence electrons. The summed E-state index contributed by atoms with van der Waals surface area (Å²) in [5, 5.41) is 1.12. The number of hydrogen-bond acceptors (Lipinski definition) is 5. The molecule has 0 saturated heterocycles. The van der Waals surface area contributed by atoms with Crippen LogP contribution in [0.15, 0.2) is 206 Å². The monoisotopic (exact) mass is 770 g/mol. The molecule has 5 nitrogen and oxygen atoms in total. The molecule has 1 atom stereocenters. The number of pyridine rings is 1. The highest BCUT2D eigenvalue weighted by atomic mass is 16.5. The lowest BCUT2D eigenvalue weighted by Gasteiger charge is -2.41. The van der Waals surface area contributed by atoms with Crippen LogP contribution in [0.3, 0.4) is 0 Å². The molecule has 60 heavy (non-hydrogen) atoms. The quantitative estimate of drug-likeness (QED) is 0.174. The minimum atomic E-state index is -0.570. The first-order valence-electron chi connectivity index (χ1n) is 20.4. The van der Waals surface area contributed by atoms with Gasteiger partial charge in [0.05, 0.1) is 10.9 Å². The zero-order valence-electron chi connectivity index (χ0n) is 33.2. The average molecular weight is 771 g/mol. The predicted molar refractivity (Wildman–Crippen MR) is 242 cm³/mol. The molecule has 9 aromatic rings. The summed E-state index contributed by atoms with van der Waals surface area (Å²) >= 11 is 0. The fourth-order valence-electron chi connectivity index (χ4n) is 9.29. The van der Waals surface area contributed by atoms with Crippen LogP contribution in [0, 0.1) is 0 Å². The lowest BCUT2D eigenvalue weighted by Crippen LogP contribution is -2.35. The Balaban J connectivity index is 1.07. The molecule has 7 aromatic carbocycles. The van der Waals surface area contributed by atoms with Gasteiger partial charge in [0.25, 0.3) is 0 Å². The first kappa shape index (κ1) is 35.4. The number of para-hydroxylation sites is 2. The highest BCUT2D eigenvalue weighted by Crippen LogP contribution is 2.62. The van der Waals surface area contributed by atoms with E-state index in [1.807, 2.05) is 72.9 Å². The van der Waals surface area contributed by atoms with Gasteiger partial charge >= 0.3 is 0 Å². The van der Waals surface area contributed by atoms with Crippen LogP contribution >= 0.6 is 0 Å². The van der Waals surface area contributed by atoms with Crippen LogP contribution in [0.1, 0.15) is 30.5 Å². The summed E-state index contributed by atoms with van der Waals surface area (Å²) in [6.45, 7) is 4.18. The third kappa shape index (κ3) is 5.54. The molecule has 2 aromatic heterocycles. The standard InChI is InChI=1S/C55H38N4O/c1-3-45-49(4-2)60-50-23-12-11-22-48(50)55(45)46-30-28-40(33-43(46)44-34-41(29-31-47(44)55)42-21-13-19-36-20-14-32-56-51(36)42)35-24-26-39(27-25-35)54-58-52(37-15-7-5-8-16-37)57-53(59-54)38-17-9-6-10-18-38/h3-34H,1-2H3/b45-3?,49-4+. The van der Waals surface area contributed by atoms with E-state index in [-0.39, 0.29) is 0 Å². The summed E-state index contributed by atoms with van der Waals surface area (Å²) in [4.78, 5) is 19.7. The van der Waals surface area contributed by atoms with E-state index in [9.17, 15) is 0 Å². The Morgan fingerprint density at radius 3 is 1.63 bits per heavy atom. The minimum absolute atomic E-state index is 0.570. The molecule has 0 saturated carbocycles. The number of hydrogen-bond donors (Lipinski definition) is 0. The molecule has 0 fully saturated rings. The van der Waals surface area contributed by atoms with Gasteiger partial charge in [-0.3, -0.25) is 4.98 Å². The zero-order chi connectivity index (χ0) is 40.2. The fraction of sp³-hybridized carbons (Fsp3) is 0.0545. The third-order valence-corrected chi connectivity index (χ3v) is 12.0. The Hall–Kier alpha value is -7.76. The van der Waals surface area contributed by atoms with Crippen LogP contribution in [0.2, 0.25) is 0 Å². The lowest BCUT2D eigenvalue weighted by atomic mass is 9.65. The van der Waals surface area contributed by atoms with Crippen molar-refractivity contribution in [2.24, 2.45) is 0 Å². The summed E-state index contributed by atoms with van der Waals surface area (Å²) < 4.78 is 6.62. The number of rotatable bonds is 5. The van der Waals surface area contributed by atoms with Crippen LogP contribution in [-0.4, -0.2) is 19.9 Å². The first-order valence-corrected chi connectivity index (χ1v) is 20.4. The lowest BCUT2D eigenvalue weighted by molar-refractivity contribution is 0.388. The molecule has 5 heteroatoms. The fourth-order valence-corrected chi connectivity index (χ4v) is 9.29. The minimum Gasteiger partial charge on any atom is -0.457 e. The molecule has 0 radical (unpaired) electrons. The van der Waals surface area contributed by atoms with E-state index in [0.717, 1.165) is 72.5 Å². The van der Waals surface area contributed by atoms with Gasteiger partial charge < -0.3 is 4.74 Å². The van der Waals surface area contributed by atoms with Gasteiger partial charge in [-0.15, -0.1) is 0 Å². The van der Waals surface area contributed by atoms with Crippen molar-refractivity contribution < 1.29 is 4.74 Å². The summed E-state index contributed by atoms with van der Waals surface area (Å²) in [6, 6.07) is 61.8. The Labute approximate surface area is 349 Å². The third-order valence-electron chi connectivity index (χ3n) is 12.0. The van der Waals surface area contributed by atoms with Gasteiger partial charge in [0, 0.05) is 45.0 Å². The number of benzene rings is 7. The highest BCUT2D eigenvalue weighted by molar-refractivity contribution is 5.97.